The predicted molar refractivity (Wildman–Crippen MR) is 103 cm³/mol. The summed E-state index contributed by atoms with van der Waals surface area (Å²) in [5, 5.41) is 21.0. The van der Waals surface area contributed by atoms with Crippen LogP contribution in [0.25, 0.3) is 0 Å². The molecule has 0 unspecified atom stereocenters. The minimum Gasteiger partial charge on any atom is -0.465 e. The largest absolute Gasteiger partial charge is 0.465 e. The Morgan fingerprint density at radius 2 is 1.88 bits per heavy atom. The Labute approximate surface area is 161 Å². The van der Waals surface area contributed by atoms with Crippen molar-refractivity contribution in [3.05, 3.63) is 63.6 Å². The molecule has 25 heavy (non-hydrogen) atoms. The second kappa shape index (κ2) is 8.81. The van der Waals surface area contributed by atoms with Crippen molar-refractivity contribution in [1.82, 2.24) is 4.90 Å². The standard InChI is InChI=1S/C18H19Cl2NO3S/c1-21(18(23)24)10-13(11-7-8-14(19)15(20)9-11)17(22)12-5-3-4-6-16(12)25-2/h3-9,13,17,22H,10H2,1-2H3,(H,23,24)/t13-,17-/m1/s1. The average molecular weight is 400 g/mol. The summed E-state index contributed by atoms with van der Waals surface area (Å²) >= 11 is 13.6. The van der Waals surface area contributed by atoms with Gasteiger partial charge in [-0.2, -0.15) is 0 Å². The Hall–Kier alpha value is -1.40. The van der Waals surface area contributed by atoms with Gasteiger partial charge in [-0.25, -0.2) is 4.79 Å². The van der Waals surface area contributed by atoms with Crippen molar-refractivity contribution < 1.29 is 15.0 Å². The molecule has 0 saturated carbocycles. The van der Waals surface area contributed by atoms with E-state index in [0.717, 1.165) is 20.9 Å². The first-order valence-electron chi connectivity index (χ1n) is 7.55. The second-order valence-electron chi connectivity index (χ2n) is 5.63. The number of carboxylic acid groups (broad SMARTS) is 1. The molecule has 0 radical (unpaired) electrons. The molecule has 0 spiro atoms. The highest BCUT2D eigenvalue weighted by molar-refractivity contribution is 7.98. The summed E-state index contributed by atoms with van der Waals surface area (Å²) in [5.74, 6) is -0.482. The Balaban J connectivity index is 2.46. The molecule has 2 aromatic carbocycles. The van der Waals surface area contributed by atoms with E-state index < -0.39 is 18.1 Å². The van der Waals surface area contributed by atoms with E-state index in [2.05, 4.69) is 0 Å². The number of halogens is 2. The van der Waals surface area contributed by atoms with Gasteiger partial charge in [-0.3, -0.25) is 0 Å². The fourth-order valence-corrected chi connectivity index (χ4v) is 3.58. The Kier molecular flexibility index (Phi) is 7.02. The first kappa shape index (κ1) is 19.9. The lowest BCUT2D eigenvalue weighted by molar-refractivity contribution is 0.111. The number of carbonyl (C=O) groups is 1. The maximum Gasteiger partial charge on any atom is 0.407 e. The maximum atomic E-state index is 11.3. The zero-order chi connectivity index (χ0) is 18.6. The zero-order valence-electron chi connectivity index (χ0n) is 13.8. The average Bonchev–Trinajstić information content (AvgIpc) is 2.61. The van der Waals surface area contributed by atoms with Crippen LogP contribution in [0.4, 0.5) is 4.79 Å². The van der Waals surface area contributed by atoms with Crippen LogP contribution in [0, 0.1) is 0 Å². The molecule has 1 amide bonds. The minimum atomic E-state index is -1.06. The molecule has 0 aliphatic carbocycles. The smallest absolute Gasteiger partial charge is 0.407 e. The van der Waals surface area contributed by atoms with Crippen molar-refractivity contribution in [1.29, 1.82) is 0 Å². The SMILES string of the molecule is CSc1ccccc1[C@@H](O)[C@H](CN(C)C(=O)O)c1ccc(Cl)c(Cl)c1. The number of aliphatic hydroxyl groups excluding tert-OH is 1. The van der Waals surface area contributed by atoms with Gasteiger partial charge in [-0.15, -0.1) is 11.8 Å². The van der Waals surface area contributed by atoms with E-state index in [1.165, 1.54) is 18.8 Å². The molecule has 0 aliphatic heterocycles. The Morgan fingerprint density at radius 3 is 2.48 bits per heavy atom. The van der Waals surface area contributed by atoms with Gasteiger partial charge in [0.2, 0.25) is 0 Å². The number of rotatable bonds is 6. The van der Waals surface area contributed by atoms with Gasteiger partial charge in [-0.05, 0) is 35.6 Å². The molecular formula is C18H19Cl2NO3S. The fourth-order valence-electron chi connectivity index (χ4n) is 2.63. The lowest BCUT2D eigenvalue weighted by Gasteiger charge is -2.28. The van der Waals surface area contributed by atoms with Crippen LogP contribution in [0.15, 0.2) is 47.4 Å². The number of aliphatic hydroxyl groups is 1. The molecule has 0 saturated heterocycles. The quantitative estimate of drug-likeness (QED) is 0.659. The molecule has 0 heterocycles. The van der Waals surface area contributed by atoms with Gasteiger partial charge in [0.05, 0.1) is 16.1 Å². The lowest BCUT2D eigenvalue weighted by atomic mass is 9.88. The Bertz CT molecular complexity index is 757. The third-order valence-corrected chi connectivity index (χ3v) is 5.56. The summed E-state index contributed by atoms with van der Waals surface area (Å²) in [6, 6.07) is 12.6. The highest BCUT2D eigenvalue weighted by atomic mass is 35.5. The summed E-state index contributed by atoms with van der Waals surface area (Å²) < 4.78 is 0. The first-order chi connectivity index (χ1) is 11.8. The normalized spacial score (nSPS) is 13.3. The van der Waals surface area contributed by atoms with Gasteiger partial charge in [0, 0.05) is 24.4 Å². The Morgan fingerprint density at radius 1 is 1.20 bits per heavy atom. The molecule has 0 aliphatic rings. The summed E-state index contributed by atoms with van der Waals surface area (Å²) in [6.45, 7) is 0.122. The predicted octanol–water partition coefficient (Wildman–Crippen LogP) is 5.14. The summed E-state index contributed by atoms with van der Waals surface area (Å²) in [5.41, 5.74) is 1.48. The molecule has 2 atom stereocenters. The van der Waals surface area contributed by atoms with Crippen molar-refractivity contribution in [2.45, 2.75) is 16.9 Å². The molecular weight excluding hydrogens is 381 g/mol. The molecule has 2 aromatic rings. The zero-order valence-corrected chi connectivity index (χ0v) is 16.1. The van der Waals surface area contributed by atoms with Crippen LogP contribution in [0.1, 0.15) is 23.1 Å². The van der Waals surface area contributed by atoms with Crippen molar-refractivity contribution in [3.8, 4) is 0 Å². The second-order valence-corrected chi connectivity index (χ2v) is 7.29. The molecule has 134 valence electrons. The number of benzene rings is 2. The monoisotopic (exact) mass is 399 g/mol. The molecule has 7 heteroatoms. The topological polar surface area (TPSA) is 60.8 Å². The van der Waals surface area contributed by atoms with E-state index in [9.17, 15) is 15.0 Å². The molecule has 2 rings (SSSR count). The van der Waals surface area contributed by atoms with E-state index in [1.54, 1.807) is 18.2 Å². The van der Waals surface area contributed by atoms with Gasteiger partial charge in [0.1, 0.15) is 0 Å². The summed E-state index contributed by atoms with van der Waals surface area (Å²) in [7, 11) is 1.47. The van der Waals surface area contributed by atoms with E-state index in [-0.39, 0.29) is 6.54 Å². The van der Waals surface area contributed by atoms with Crippen LogP contribution in [-0.4, -0.2) is 41.1 Å². The number of thioether (sulfide) groups is 1. The molecule has 4 nitrogen and oxygen atoms in total. The lowest BCUT2D eigenvalue weighted by Crippen LogP contribution is -2.32. The van der Waals surface area contributed by atoms with Crippen LogP contribution in [0.3, 0.4) is 0 Å². The number of likely N-dealkylation sites (N-methyl/N-ethyl adjacent to an activating group) is 1. The number of hydrogen-bond donors (Lipinski definition) is 2. The van der Waals surface area contributed by atoms with Gasteiger partial charge in [-0.1, -0.05) is 47.5 Å². The molecule has 0 aromatic heterocycles. The van der Waals surface area contributed by atoms with Crippen LogP contribution in [-0.2, 0) is 0 Å². The minimum absolute atomic E-state index is 0.122. The fraction of sp³-hybridized carbons (Fsp3) is 0.278. The van der Waals surface area contributed by atoms with Crippen LogP contribution < -0.4 is 0 Å². The maximum absolute atomic E-state index is 11.3. The third kappa shape index (κ3) is 4.82. The first-order valence-corrected chi connectivity index (χ1v) is 9.53. The molecule has 0 bridgehead atoms. The number of hydrogen-bond acceptors (Lipinski definition) is 3. The number of nitrogens with zero attached hydrogens (tertiary/aromatic N) is 1. The van der Waals surface area contributed by atoms with Crippen molar-refractivity contribution in [2.75, 3.05) is 19.8 Å². The van der Waals surface area contributed by atoms with Gasteiger partial charge in [0.25, 0.3) is 0 Å². The van der Waals surface area contributed by atoms with Crippen molar-refractivity contribution in [2.24, 2.45) is 0 Å². The van der Waals surface area contributed by atoms with Crippen molar-refractivity contribution >= 4 is 41.1 Å². The third-order valence-electron chi connectivity index (χ3n) is 4.01. The van der Waals surface area contributed by atoms with E-state index >= 15 is 0 Å². The summed E-state index contributed by atoms with van der Waals surface area (Å²) in [4.78, 5) is 13.4. The van der Waals surface area contributed by atoms with Crippen molar-refractivity contribution in [3.63, 3.8) is 0 Å². The van der Waals surface area contributed by atoms with E-state index in [0.29, 0.717) is 10.0 Å². The highest BCUT2D eigenvalue weighted by Gasteiger charge is 2.27. The van der Waals surface area contributed by atoms with Gasteiger partial charge in [0.15, 0.2) is 0 Å². The van der Waals surface area contributed by atoms with Crippen LogP contribution in [0.5, 0.6) is 0 Å². The van der Waals surface area contributed by atoms with Crippen LogP contribution >= 0.6 is 35.0 Å². The van der Waals surface area contributed by atoms with E-state index in [4.69, 9.17) is 23.2 Å². The van der Waals surface area contributed by atoms with E-state index in [1.807, 2.05) is 30.5 Å². The summed E-state index contributed by atoms with van der Waals surface area (Å²) in [6.07, 6.45) is -0.0126. The van der Waals surface area contributed by atoms with Gasteiger partial charge < -0.3 is 15.1 Å². The van der Waals surface area contributed by atoms with Gasteiger partial charge >= 0.3 is 6.09 Å². The number of amides is 1. The highest BCUT2D eigenvalue weighted by Crippen LogP contribution is 2.37. The molecule has 0 fully saturated rings. The van der Waals surface area contributed by atoms with Crippen LogP contribution in [0.2, 0.25) is 10.0 Å². The molecule has 2 N–H and O–H groups in total.